The maximum absolute atomic E-state index is 12.1. The summed E-state index contributed by atoms with van der Waals surface area (Å²) in [4.78, 5) is 16.2. The van der Waals surface area contributed by atoms with Gasteiger partial charge in [-0.25, -0.2) is 4.79 Å². The number of rotatable bonds is 6. The summed E-state index contributed by atoms with van der Waals surface area (Å²) in [5.41, 5.74) is 2.54. The third-order valence-electron chi connectivity index (χ3n) is 4.92. The number of ether oxygens (including phenoxy) is 1. The Bertz CT molecular complexity index is 808. The minimum Gasteiger partial charge on any atom is -0.492 e. The van der Waals surface area contributed by atoms with Gasteiger partial charge in [-0.2, -0.15) is 0 Å². The first-order valence-corrected chi connectivity index (χ1v) is 9.85. The highest BCUT2D eigenvalue weighted by molar-refractivity contribution is 7.16. The highest BCUT2D eigenvalue weighted by Gasteiger charge is 2.33. The third kappa shape index (κ3) is 3.94. The van der Waals surface area contributed by atoms with Crippen LogP contribution in [0.1, 0.15) is 41.1 Å². The molecule has 26 heavy (non-hydrogen) atoms. The fourth-order valence-corrected chi connectivity index (χ4v) is 4.79. The molecule has 5 heteroatoms. The normalized spacial score (nSPS) is 15.7. The number of benzene rings is 1. The molecule has 1 aromatic heterocycles. The summed E-state index contributed by atoms with van der Waals surface area (Å²) in [6.45, 7) is 5.83. The second-order valence-electron chi connectivity index (χ2n) is 8.00. The third-order valence-corrected chi connectivity index (χ3v) is 6.24. The number of fused-ring (bicyclic) bond motifs is 1. The predicted octanol–water partition coefficient (Wildman–Crippen LogP) is 4.57. The van der Waals surface area contributed by atoms with E-state index in [1.54, 1.807) is 11.3 Å². The molecule has 0 saturated carbocycles. The molecule has 1 heterocycles. The standard InChI is InChI=1S/C21H27NO3S/c1-21(2)10-9-17-15(13-21)18(20(23)24)19(26-17)14-7-5-6-8-16(14)25-12-11-22(3)4/h5-8H,9-13H2,1-4H3,(H,23,24). The zero-order valence-corrected chi connectivity index (χ0v) is 16.8. The van der Waals surface area contributed by atoms with Gasteiger partial charge in [0.05, 0.1) is 10.4 Å². The molecule has 0 atom stereocenters. The quantitative estimate of drug-likeness (QED) is 0.806. The molecule has 1 aromatic carbocycles. The van der Waals surface area contributed by atoms with Gasteiger partial charge in [-0.1, -0.05) is 26.0 Å². The van der Waals surface area contributed by atoms with Gasteiger partial charge >= 0.3 is 5.97 Å². The molecule has 2 aromatic rings. The minimum atomic E-state index is -0.835. The summed E-state index contributed by atoms with van der Waals surface area (Å²) in [5, 5.41) is 9.94. The van der Waals surface area contributed by atoms with Crippen LogP contribution in [0, 0.1) is 5.41 Å². The van der Waals surface area contributed by atoms with Gasteiger partial charge in [0.1, 0.15) is 12.4 Å². The van der Waals surface area contributed by atoms with E-state index in [2.05, 4.69) is 18.7 Å². The summed E-state index contributed by atoms with van der Waals surface area (Å²) in [6.07, 6.45) is 2.88. The van der Waals surface area contributed by atoms with Gasteiger partial charge in [0.15, 0.2) is 0 Å². The van der Waals surface area contributed by atoms with Crippen LogP contribution in [0.5, 0.6) is 5.75 Å². The largest absolute Gasteiger partial charge is 0.492 e. The fourth-order valence-electron chi connectivity index (χ4n) is 3.45. The number of carboxylic acids is 1. The maximum atomic E-state index is 12.1. The highest BCUT2D eigenvalue weighted by Crippen LogP contribution is 2.46. The van der Waals surface area contributed by atoms with Gasteiger partial charge in [0, 0.05) is 17.0 Å². The van der Waals surface area contributed by atoms with Gasteiger partial charge in [-0.05, 0) is 56.5 Å². The van der Waals surface area contributed by atoms with E-state index in [9.17, 15) is 9.90 Å². The number of nitrogens with zero attached hydrogens (tertiary/aromatic N) is 1. The Morgan fingerprint density at radius 1 is 1.31 bits per heavy atom. The first kappa shape index (κ1) is 18.9. The molecule has 0 spiro atoms. The van der Waals surface area contributed by atoms with Crippen LogP contribution < -0.4 is 4.74 Å². The minimum absolute atomic E-state index is 0.150. The van der Waals surface area contributed by atoms with Crippen molar-refractivity contribution in [3.05, 3.63) is 40.3 Å². The van der Waals surface area contributed by atoms with Crippen molar-refractivity contribution in [2.45, 2.75) is 33.1 Å². The van der Waals surface area contributed by atoms with Crippen molar-refractivity contribution in [2.24, 2.45) is 5.41 Å². The molecule has 0 fully saturated rings. The van der Waals surface area contributed by atoms with Gasteiger partial charge in [0.25, 0.3) is 0 Å². The van der Waals surface area contributed by atoms with Crippen molar-refractivity contribution < 1.29 is 14.6 Å². The number of hydrogen-bond acceptors (Lipinski definition) is 4. The monoisotopic (exact) mass is 373 g/mol. The van der Waals surface area contributed by atoms with Crippen LogP contribution in [0.25, 0.3) is 10.4 Å². The summed E-state index contributed by atoms with van der Waals surface area (Å²) in [5.74, 6) is -0.0759. The lowest BCUT2D eigenvalue weighted by atomic mass is 9.76. The number of thiophene rings is 1. The maximum Gasteiger partial charge on any atom is 0.337 e. The molecule has 4 nitrogen and oxygen atoms in total. The van der Waals surface area contributed by atoms with Crippen LogP contribution in [0.3, 0.4) is 0 Å². The van der Waals surface area contributed by atoms with Crippen LogP contribution >= 0.6 is 11.3 Å². The van der Waals surface area contributed by atoms with Gasteiger partial charge in [-0.15, -0.1) is 11.3 Å². The molecule has 0 unspecified atom stereocenters. The van der Waals surface area contributed by atoms with Crippen molar-refractivity contribution in [3.63, 3.8) is 0 Å². The molecule has 1 aliphatic carbocycles. The molecule has 0 saturated heterocycles. The molecule has 1 N–H and O–H groups in total. The number of aromatic carboxylic acids is 1. The van der Waals surface area contributed by atoms with Crippen molar-refractivity contribution >= 4 is 17.3 Å². The van der Waals surface area contributed by atoms with Gasteiger partial charge in [-0.3, -0.25) is 0 Å². The number of carbonyl (C=O) groups is 1. The van der Waals surface area contributed by atoms with E-state index >= 15 is 0 Å². The molecule has 140 valence electrons. The number of likely N-dealkylation sites (N-methyl/N-ethyl adjacent to an activating group) is 1. The lowest BCUT2D eigenvalue weighted by Gasteiger charge is -2.29. The molecule has 0 aliphatic heterocycles. The number of aryl methyl sites for hydroxylation is 1. The Kier molecular flexibility index (Phi) is 5.39. The van der Waals surface area contributed by atoms with E-state index in [0.29, 0.717) is 12.2 Å². The van der Waals surface area contributed by atoms with E-state index in [0.717, 1.165) is 47.6 Å². The molecule has 1 aliphatic rings. The summed E-state index contributed by atoms with van der Waals surface area (Å²) < 4.78 is 5.98. The molecule has 0 radical (unpaired) electrons. The van der Waals surface area contributed by atoms with Crippen LogP contribution in [0.15, 0.2) is 24.3 Å². The number of carboxylic acid groups (broad SMARTS) is 1. The van der Waals surface area contributed by atoms with Crippen molar-refractivity contribution in [2.75, 3.05) is 27.2 Å². The van der Waals surface area contributed by atoms with Crippen molar-refractivity contribution in [1.82, 2.24) is 4.90 Å². The first-order valence-electron chi connectivity index (χ1n) is 9.03. The van der Waals surface area contributed by atoms with Gasteiger partial charge < -0.3 is 14.7 Å². The van der Waals surface area contributed by atoms with Crippen LogP contribution in [0.4, 0.5) is 0 Å². The average molecular weight is 374 g/mol. The van der Waals surface area contributed by atoms with Crippen molar-refractivity contribution in [1.29, 1.82) is 0 Å². The Morgan fingerprint density at radius 2 is 2.04 bits per heavy atom. The lowest BCUT2D eigenvalue weighted by molar-refractivity contribution is 0.0696. The molecular weight excluding hydrogens is 346 g/mol. The molecular formula is C21H27NO3S. The summed E-state index contributed by atoms with van der Waals surface area (Å²) in [7, 11) is 4.01. The van der Waals surface area contributed by atoms with E-state index in [1.165, 1.54) is 4.88 Å². The molecule has 0 bridgehead atoms. The Hall–Kier alpha value is -1.85. The lowest BCUT2D eigenvalue weighted by Crippen LogP contribution is -2.22. The second kappa shape index (κ2) is 7.41. The fraction of sp³-hybridized carbons (Fsp3) is 0.476. The van der Waals surface area contributed by atoms with Crippen LogP contribution in [0.2, 0.25) is 0 Å². The Morgan fingerprint density at radius 3 is 2.73 bits per heavy atom. The average Bonchev–Trinajstić information content (AvgIpc) is 2.92. The zero-order chi connectivity index (χ0) is 18.9. The van der Waals surface area contributed by atoms with E-state index in [1.807, 2.05) is 38.4 Å². The first-order chi connectivity index (χ1) is 12.3. The SMILES string of the molecule is CN(C)CCOc1ccccc1-c1sc2c(c1C(=O)O)CC(C)(C)CC2. The highest BCUT2D eigenvalue weighted by atomic mass is 32.1. The summed E-state index contributed by atoms with van der Waals surface area (Å²) in [6, 6.07) is 7.78. The smallest absolute Gasteiger partial charge is 0.337 e. The number of para-hydroxylation sites is 1. The second-order valence-corrected chi connectivity index (χ2v) is 9.11. The topological polar surface area (TPSA) is 49.8 Å². The van der Waals surface area contributed by atoms with E-state index < -0.39 is 5.97 Å². The van der Waals surface area contributed by atoms with Gasteiger partial charge in [0.2, 0.25) is 0 Å². The van der Waals surface area contributed by atoms with Crippen molar-refractivity contribution in [3.8, 4) is 16.2 Å². The Labute approximate surface area is 159 Å². The number of hydrogen-bond donors (Lipinski definition) is 1. The van der Waals surface area contributed by atoms with E-state index in [4.69, 9.17) is 4.74 Å². The van der Waals surface area contributed by atoms with Crippen LogP contribution in [-0.2, 0) is 12.8 Å². The van der Waals surface area contributed by atoms with E-state index in [-0.39, 0.29) is 5.41 Å². The summed E-state index contributed by atoms with van der Waals surface area (Å²) >= 11 is 1.63. The molecule has 0 amide bonds. The molecule has 3 rings (SSSR count). The van der Waals surface area contributed by atoms with Crippen LogP contribution in [-0.4, -0.2) is 43.2 Å². The Balaban J connectivity index is 2.03. The predicted molar refractivity (Wildman–Crippen MR) is 107 cm³/mol. The zero-order valence-electron chi connectivity index (χ0n) is 16.0.